The lowest BCUT2D eigenvalue weighted by molar-refractivity contribution is -0.384. The summed E-state index contributed by atoms with van der Waals surface area (Å²) in [5.74, 6) is -1.27. The minimum atomic E-state index is -0.798. The lowest BCUT2D eigenvalue weighted by atomic mass is 10.2. The van der Waals surface area contributed by atoms with Crippen molar-refractivity contribution in [2.45, 2.75) is 0 Å². The number of carbonyl (C=O) groups excluding carboxylic acids is 1. The van der Waals surface area contributed by atoms with Crippen molar-refractivity contribution in [3.63, 3.8) is 0 Å². The number of nitrogens with one attached hydrogen (secondary N) is 1. The Labute approximate surface area is 139 Å². The minimum Gasteiger partial charge on any atom is -0.482 e. The van der Waals surface area contributed by atoms with E-state index in [1.165, 1.54) is 18.2 Å². The maximum atomic E-state index is 13.6. The molecule has 0 atom stereocenters. The lowest BCUT2D eigenvalue weighted by Gasteiger charge is -2.09. The van der Waals surface area contributed by atoms with E-state index in [1.807, 2.05) is 0 Å². The first-order chi connectivity index (χ1) is 10.9. The van der Waals surface area contributed by atoms with E-state index in [4.69, 9.17) is 27.9 Å². The monoisotopic (exact) mass is 358 g/mol. The first-order valence-electron chi connectivity index (χ1n) is 6.18. The highest BCUT2D eigenvalue weighted by Crippen LogP contribution is 2.27. The molecule has 0 aromatic heterocycles. The second-order valence-electron chi connectivity index (χ2n) is 4.33. The van der Waals surface area contributed by atoms with E-state index in [1.54, 1.807) is 0 Å². The predicted octanol–water partition coefficient (Wildman–Crippen LogP) is 4.06. The first-order valence-corrected chi connectivity index (χ1v) is 6.94. The molecular formula is C14H9Cl2FN2O4. The van der Waals surface area contributed by atoms with Gasteiger partial charge in [-0.1, -0.05) is 23.2 Å². The normalized spacial score (nSPS) is 10.2. The molecule has 1 amide bonds. The number of rotatable bonds is 5. The Morgan fingerprint density at radius 2 is 2.00 bits per heavy atom. The SMILES string of the molecule is O=C(COc1ccc(Cl)cc1Cl)Nc1cc([N+](=O)[O-])ccc1F. The van der Waals surface area contributed by atoms with Gasteiger partial charge >= 0.3 is 0 Å². The van der Waals surface area contributed by atoms with Gasteiger partial charge in [0.2, 0.25) is 0 Å². The molecule has 120 valence electrons. The van der Waals surface area contributed by atoms with Gasteiger partial charge in [0.1, 0.15) is 11.6 Å². The summed E-state index contributed by atoms with van der Waals surface area (Å²) in [6.07, 6.45) is 0. The molecule has 0 aliphatic heterocycles. The van der Waals surface area contributed by atoms with Crippen LogP contribution in [0.4, 0.5) is 15.8 Å². The Balaban J connectivity index is 2.02. The van der Waals surface area contributed by atoms with E-state index in [-0.39, 0.29) is 22.1 Å². The molecule has 23 heavy (non-hydrogen) atoms. The van der Waals surface area contributed by atoms with Gasteiger partial charge in [0.05, 0.1) is 15.6 Å². The summed E-state index contributed by atoms with van der Waals surface area (Å²) < 4.78 is 18.7. The fourth-order valence-corrected chi connectivity index (χ4v) is 2.11. The number of nitrogens with zero attached hydrogens (tertiary/aromatic N) is 1. The zero-order chi connectivity index (χ0) is 17.0. The Hall–Kier alpha value is -2.38. The number of anilines is 1. The summed E-state index contributed by atoms with van der Waals surface area (Å²) in [7, 11) is 0. The van der Waals surface area contributed by atoms with Crippen molar-refractivity contribution in [3.05, 3.63) is 62.4 Å². The summed E-state index contributed by atoms with van der Waals surface area (Å²) in [4.78, 5) is 21.7. The maximum absolute atomic E-state index is 13.6. The van der Waals surface area contributed by atoms with Gasteiger partial charge in [-0.3, -0.25) is 14.9 Å². The molecule has 2 aromatic rings. The van der Waals surface area contributed by atoms with Crippen LogP contribution in [0.25, 0.3) is 0 Å². The fourth-order valence-electron chi connectivity index (χ4n) is 1.64. The Morgan fingerprint density at radius 1 is 1.26 bits per heavy atom. The summed E-state index contributed by atoms with van der Waals surface area (Å²) in [5.41, 5.74) is -0.654. The zero-order valence-electron chi connectivity index (χ0n) is 11.4. The Bertz CT molecular complexity index is 770. The van der Waals surface area contributed by atoms with Crippen LogP contribution in [0.2, 0.25) is 10.0 Å². The molecule has 0 spiro atoms. The average Bonchev–Trinajstić information content (AvgIpc) is 2.48. The molecule has 0 bridgehead atoms. The third-order valence-corrected chi connectivity index (χ3v) is 3.22. The Kier molecular flexibility index (Phi) is 5.36. The van der Waals surface area contributed by atoms with Gasteiger partial charge in [0.15, 0.2) is 6.61 Å². The molecular weight excluding hydrogens is 350 g/mol. The number of hydrogen-bond donors (Lipinski definition) is 1. The number of amides is 1. The van der Waals surface area contributed by atoms with Crippen molar-refractivity contribution < 1.29 is 18.8 Å². The van der Waals surface area contributed by atoms with Crippen molar-refractivity contribution in [2.75, 3.05) is 11.9 Å². The van der Waals surface area contributed by atoms with Crippen molar-refractivity contribution in [1.29, 1.82) is 0 Å². The highest BCUT2D eigenvalue weighted by molar-refractivity contribution is 6.35. The highest BCUT2D eigenvalue weighted by Gasteiger charge is 2.14. The van der Waals surface area contributed by atoms with Crippen LogP contribution in [-0.4, -0.2) is 17.4 Å². The van der Waals surface area contributed by atoms with Crippen LogP contribution in [0.1, 0.15) is 0 Å². The smallest absolute Gasteiger partial charge is 0.271 e. The number of non-ortho nitro benzene ring substituents is 1. The van der Waals surface area contributed by atoms with Crippen LogP contribution in [0.3, 0.4) is 0 Å². The average molecular weight is 359 g/mol. The molecule has 0 aliphatic rings. The van der Waals surface area contributed by atoms with Crippen LogP contribution in [-0.2, 0) is 4.79 Å². The van der Waals surface area contributed by atoms with E-state index in [0.29, 0.717) is 5.02 Å². The van der Waals surface area contributed by atoms with Gasteiger partial charge in [0.25, 0.3) is 11.6 Å². The fraction of sp³-hybridized carbons (Fsp3) is 0.0714. The van der Waals surface area contributed by atoms with Gasteiger partial charge in [-0.25, -0.2) is 4.39 Å². The molecule has 0 heterocycles. The molecule has 0 fully saturated rings. The molecule has 2 rings (SSSR count). The van der Waals surface area contributed by atoms with Crippen LogP contribution in [0.5, 0.6) is 5.75 Å². The molecule has 9 heteroatoms. The largest absolute Gasteiger partial charge is 0.482 e. The van der Waals surface area contributed by atoms with Crippen LogP contribution >= 0.6 is 23.2 Å². The van der Waals surface area contributed by atoms with Gasteiger partial charge in [0, 0.05) is 17.2 Å². The van der Waals surface area contributed by atoms with E-state index in [0.717, 1.165) is 18.2 Å². The maximum Gasteiger partial charge on any atom is 0.271 e. The van der Waals surface area contributed by atoms with Gasteiger partial charge in [-0.05, 0) is 24.3 Å². The van der Waals surface area contributed by atoms with Gasteiger partial charge in [-0.15, -0.1) is 0 Å². The molecule has 0 saturated carbocycles. The first kappa shape index (κ1) is 17.0. The molecule has 0 saturated heterocycles. The molecule has 0 radical (unpaired) electrons. The summed E-state index contributed by atoms with van der Waals surface area (Å²) in [6, 6.07) is 7.26. The molecule has 0 aliphatic carbocycles. The molecule has 6 nitrogen and oxygen atoms in total. The van der Waals surface area contributed by atoms with Crippen LogP contribution in [0.15, 0.2) is 36.4 Å². The number of ether oxygens (including phenoxy) is 1. The lowest BCUT2D eigenvalue weighted by Crippen LogP contribution is -2.21. The van der Waals surface area contributed by atoms with Crippen LogP contribution in [0, 0.1) is 15.9 Å². The van der Waals surface area contributed by atoms with Crippen molar-refractivity contribution in [2.24, 2.45) is 0 Å². The third-order valence-electron chi connectivity index (χ3n) is 2.69. The minimum absolute atomic E-state index is 0.215. The summed E-state index contributed by atoms with van der Waals surface area (Å²) >= 11 is 11.6. The number of nitro benzene ring substituents is 1. The molecule has 1 N–H and O–H groups in total. The topological polar surface area (TPSA) is 81.5 Å². The second-order valence-corrected chi connectivity index (χ2v) is 5.18. The zero-order valence-corrected chi connectivity index (χ0v) is 12.9. The number of benzene rings is 2. The van der Waals surface area contributed by atoms with E-state index in [9.17, 15) is 19.3 Å². The summed E-state index contributed by atoms with van der Waals surface area (Å²) in [6.45, 7) is -0.455. The van der Waals surface area contributed by atoms with Crippen LogP contribution < -0.4 is 10.1 Å². The number of nitro groups is 1. The Morgan fingerprint density at radius 3 is 2.65 bits per heavy atom. The quantitative estimate of drug-likeness (QED) is 0.645. The highest BCUT2D eigenvalue weighted by atomic mass is 35.5. The van der Waals surface area contributed by atoms with Gasteiger partial charge in [-0.2, -0.15) is 0 Å². The van der Waals surface area contributed by atoms with Crippen molar-refractivity contribution in [3.8, 4) is 5.75 Å². The predicted molar refractivity (Wildman–Crippen MR) is 83.6 cm³/mol. The number of hydrogen-bond acceptors (Lipinski definition) is 4. The van der Waals surface area contributed by atoms with Gasteiger partial charge < -0.3 is 10.1 Å². The third kappa shape index (κ3) is 4.54. The number of halogens is 3. The van der Waals surface area contributed by atoms with E-state index in [2.05, 4.69) is 5.32 Å². The van der Waals surface area contributed by atoms with Crippen molar-refractivity contribution in [1.82, 2.24) is 0 Å². The second kappa shape index (κ2) is 7.26. The number of carbonyl (C=O) groups is 1. The summed E-state index contributed by atoms with van der Waals surface area (Å²) in [5, 5.41) is 13.5. The van der Waals surface area contributed by atoms with Crippen molar-refractivity contribution >= 4 is 40.5 Å². The van der Waals surface area contributed by atoms with E-state index >= 15 is 0 Å². The standard InChI is InChI=1S/C14H9Cl2FN2O4/c15-8-1-4-13(10(16)5-8)23-7-14(20)18-12-6-9(19(21)22)2-3-11(12)17/h1-6H,7H2,(H,18,20). The van der Waals surface area contributed by atoms with E-state index < -0.39 is 23.3 Å². The molecule has 2 aromatic carbocycles. The molecule has 0 unspecified atom stereocenters.